The van der Waals surface area contributed by atoms with Crippen molar-refractivity contribution in [2.24, 2.45) is 5.92 Å². The van der Waals surface area contributed by atoms with Crippen LogP contribution in [0.25, 0.3) is 0 Å². The van der Waals surface area contributed by atoms with E-state index < -0.39 is 22.6 Å². The van der Waals surface area contributed by atoms with Crippen molar-refractivity contribution in [3.05, 3.63) is 59.7 Å². The first-order valence-corrected chi connectivity index (χ1v) is 11.1. The number of ether oxygens (including phenoxy) is 1. The predicted molar refractivity (Wildman–Crippen MR) is 108 cm³/mol. The SMILES string of the molecule is N#Cc1ccccc1S(=O)(=O)N1CCC(C(=O)NCc2ccccc2OC(F)F)CC1. The highest BCUT2D eigenvalue weighted by Crippen LogP contribution is 2.26. The lowest BCUT2D eigenvalue weighted by Crippen LogP contribution is -2.43. The Bertz CT molecular complexity index is 1080. The molecule has 0 bridgehead atoms. The molecule has 0 aliphatic carbocycles. The third-order valence-electron chi connectivity index (χ3n) is 5.09. The predicted octanol–water partition coefficient (Wildman–Crippen LogP) is 2.88. The Hall–Kier alpha value is -3.03. The molecule has 1 aliphatic heterocycles. The highest BCUT2D eigenvalue weighted by atomic mass is 32.2. The average molecular weight is 449 g/mol. The summed E-state index contributed by atoms with van der Waals surface area (Å²) in [6, 6.07) is 14.1. The Morgan fingerprint density at radius 2 is 1.81 bits per heavy atom. The van der Waals surface area contributed by atoms with Crippen LogP contribution in [0.2, 0.25) is 0 Å². The molecule has 31 heavy (non-hydrogen) atoms. The number of alkyl halides is 2. The van der Waals surface area contributed by atoms with Crippen LogP contribution in [0.3, 0.4) is 0 Å². The molecular weight excluding hydrogens is 428 g/mol. The van der Waals surface area contributed by atoms with Crippen LogP contribution >= 0.6 is 0 Å². The number of hydrogen-bond donors (Lipinski definition) is 1. The van der Waals surface area contributed by atoms with E-state index in [1.807, 2.05) is 6.07 Å². The van der Waals surface area contributed by atoms with Gasteiger partial charge < -0.3 is 10.1 Å². The summed E-state index contributed by atoms with van der Waals surface area (Å²) in [7, 11) is -3.83. The number of amides is 1. The van der Waals surface area contributed by atoms with Gasteiger partial charge in [-0.05, 0) is 31.0 Å². The van der Waals surface area contributed by atoms with Crippen molar-refractivity contribution in [2.75, 3.05) is 13.1 Å². The van der Waals surface area contributed by atoms with Gasteiger partial charge in [0.1, 0.15) is 11.8 Å². The zero-order valence-corrected chi connectivity index (χ0v) is 17.3. The number of nitriles is 1. The minimum Gasteiger partial charge on any atom is -0.434 e. The first-order valence-electron chi connectivity index (χ1n) is 9.62. The fourth-order valence-electron chi connectivity index (χ4n) is 3.47. The normalized spacial score (nSPS) is 15.4. The van der Waals surface area contributed by atoms with Gasteiger partial charge in [-0.1, -0.05) is 30.3 Å². The Labute approximate surface area is 179 Å². The number of rotatable bonds is 7. The third kappa shape index (κ3) is 5.37. The molecule has 0 radical (unpaired) electrons. The van der Waals surface area contributed by atoms with E-state index in [9.17, 15) is 27.3 Å². The second-order valence-electron chi connectivity index (χ2n) is 6.99. The third-order valence-corrected chi connectivity index (χ3v) is 7.05. The number of hydrogen-bond acceptors (Lipinski definition) is 5. The van der Waals surface area contributed by atoms with Crippen LogP contribution in [-0.4, -0.2) is 38.3 Å². The maximum absolute atomic E-state index is 12.9. The number of benzene rings is 2. The number of para-hydroxylation sites is 1. The van der Waals surface area contributed by atoms with E-state index >= 15 is 0 Å². The molecule has 1 saturated heterocycles. The molecule has 0 unspecified atom stereocenters. The monoisotopic (exact) mass is 449 g/mol. The smallest absolute Gasteiger partial charge is 0.387 e. The van der Waals surface area contributed by atoms with Crippen molar-refractivity contribution in [3.8, 4) is 11.8 Å². The van der Waals surface area contributed by atoms with Crippen molar-refractivity contribution in [1.29, 1.82) is 5.26 Å². The fraction of sp³-hybridized carbons (Fsp3) is 0.333. The second kappa shape index (κ2) is 9.85. The summed E-state index contributed by atoms with van der Waals surface area (Å²) in [5.41, 5.74) is 0.497. The van der Waals surface area contributed by atoms with Crippen molar-refractivity contribution in [2.45, 2.75) is 30.9 Å². The Kier molecular flexibility index (Phi) is 7.20. The number of carbonyl (C=O) groups excluding carboxylic acids is 1. The summed E-state index contributed by atoms with van der Waals surface area (Å²) in [4.78, 5) is 12.5. The minimum atomic E-state index is -3.83. The summed E-state index contributed by atoms with van der Waals surface area (Å²) >= 11 is 0. The fourth-order valence-corrected chi connectivity index (χ4v) is 5.08. The van der Waals surface area contributed by atoms with Crippen molar-refractivity contribution in [1.82, 2.24) is 9.62 Å². The first kappa shape index (κ1) is 22.7. The summed E-state index contributed by atoms with van der Waals surface area (Å²) < 4.78 is 56.5. The second-order valence-corrected chi connectivity index (χ2v) is 8.90. The number of halogens is 2. The highest BCUT2D eigenvalue weighted by molar-refractivity contribution is 7.89. The van der Waals surface area contributed by atoms with Gasteiger partial charge in [0.25, 0.3) is 0 Å². The molecular formula is C21H21F2N3O4S. The zero-order chi connectivity index (χ0) is 22.4. The number of nitrogens with zero attached hydrogens (tertiary/aromatic N) is 2. The highest BCUT2D eigenvalue weighted by Gasteiger charge is 2.33. The molecule has 0 spiro atoms. The lowest BCUT2D eigenvalue weighted by Gasteiger charge is -2.30. The van der Waals surface area contributed by atoms with E-state index in [0.29, 0.717) is 18.4 Å². The van der Waals surface area contributed by atoms with E-state index in [0.717, 1.165) is 0 Å². The lowest BCUT2D eigenvalue weighted by molar-refractivity contribution is -0.126. The van der Waals surface area contributed by atoms with Crippen LogP contribution in [0.1, 0.15) is 24.0 Å². The summed E-state index contributed by atoms with van der Waals surface area (Å²) in [6.07, 6.45) is 0.629. The van der Waals surface area contributed by atoms with Crippen LogP contribution in [0.4, 0.5) is 8.78 Å². The first-order chi connectivity index (χ1) is 14.8. The van der Waals surface area contributed by atoms with Gasteiger partial charge in [0.2, 0.25) is 15.9 Å². The zero-order valence-electron chi connectivity index (χ0n) is 16.5. The van der Waals surface area contributed by atoms with Crippen molar-refractivity contribution >= 4 is 15.9 Å². The molecule has 1 amide bonds. The standard InChI is InChI=1S/C21H21F2N3O4S/c22-21(23)30-18-7-3-1-6-17(18)14-25-20(27)15-9-11-26(12-10-15)31(28,29)19-8-4-2-5-16(19)13-24/h1-8,15,21H,9-12,14H2,(H,25,27). The molecule has 10 heteroatoms. The molecule has 2 aromatic rings. The Balaban J connectivity index is 1.59. The summed E-state index contributed by atoms with van der Waals surface area (Å²) in [6.45, 7) is -2.65. The molecule has 1 N–H and O–H groups in total. The Morgan fingerprint density at radius 3 is 2.48 bits per heavy atom. The van der Waals surface area contributed by atoms with E-state index in [1.54, 1.807) is 30.3 Å². The molecule has 3 rings (SSSR count). The molecule has 1 aliphatic rings. The van der Waals surface area contributed by atoms with E-state index in [1.165, 1.54) is 22.5 Å². The molecule has 164 valence electrons. The van der Waals surface area contributed by atoms with E-state index in [-0.39, 0.29) is 41.7 Å². The van der Waals surface area contributed by atoms with Crippen LogP contribution in [0.5, 0.6) is 5.75 Å². The van der Waals surface area contributed by atoms with Crippen LogP contribution in [0.15, 0.2) is 53.4 Å². The molecule has 0 saturated carbocycles. The van der Waals surface area contributed by atoms with Crippen LogP contribution in [0, 0.1) is 17.2 Å². The molecule has 0 atom stereocenters. The summed E-state index contributed by atoms with van der Waals surface area (Å²) in [5.74, 6) is -0.683. The van der Waals surface area contributed by atoms with Gasteiger partial charge >= 0.3 is 6.61 Å². The van der Waals surface area contributed by atoms with Crippen molar-refractivity contribution in [3.63, 3.8) is 0 Å². The maximum Gasteiger partial charge on any atom is 0.387 e. The largest absolute Gasteiger partial charge is 0.434 e. The number of sulfonamides is 1. The summed E-state index contributed by atoms with van der Waals surface area (Å²) in [5, 5.41) is 11.9. The number of piperidine rings is 1. The van der Waals surface area contributed by atoms with E-state index in [2.05, 4.69) is 10.1 Å². The van der Waals surface area contributed by atoms with E-state index in [4.69, 9.17) is 0 Å². The molecule has 1 heterocycles. The molecule has 7 nitrogen and oxygen atoms in total. The van der Waals surface area contributed by atoms with Gasteiger partial charge in [-0.3, -0.25) is 4.79 Å². The van der Waals surface area contributed by atoms with Crippen LogP contribution in [-0.2, 0) is 21.4 Å². The maximum atomic E-state index is 12.9. The molecule has 1 fully saturated rings. The van der Waals surface area contributed by atoms with Gasteiger partial charge in [-0.2, -0.15) is 18.3 Å². The topological polar surface area (TPSA) is 99.5 Å². The average Bonchev–Trinajstić information content (AvgIpc) is 2.78. The van der Waals surface area contributed by atoms with Gasteiger partial charge in [0, 0.05) is 31.1 Å². The van der Waals surface area contributed by atoms with Gasteiger partial charge in [0.15, 0.2) is 0 Å². The van der Waals surface area contributed by atoms with Crippen molar-refractivity contribution < 1.29 is 26.7 Å². The molecule has 2 aromatic carbocycles. The van der Waals surface area contributed by atoms with Crippen LogP contribution < -0.4 is 10.1 Å². The van der Waals surface area contributed by atoms with Gasteiger partial charge in [-0.15, -0.1) is 0 Å². The number of nitrogens with one attached hydrogen (secondary N) is 1. The minimum absolute atomic E-state index is 0.00475. The quantitative estimate of drug-likeness (QED) is 0.701. The number of carbonyl (C=O) groups is 1. The molecule has 0 aromatic heterocycles. The van der Waals surface area contributed by atoms with Gasteiger partial charge in [-0.25, -0.2) is 8.42 Å². The lowest BCUT2D eigenvalue weighted by atomic mass is 9.97. The Morgan fingerprint density at radius 1 is 1.16 bits per heavy atom. The van der Waals surface area contributed by atoms with Gasteiger partial charge in [0.05, 0.1) is 10.5 Å².